The van der Waals surface area contributed by atoms with Gasteiger partial charge < -0.3 is 9.64 Å². The van der Waals surface area contributed by atoms with Crippen molar-refractivity contribution >= 4 is 5.91 Å². The summed E-state index contributed by atoms with van der Waals surface area (Å²) in [4.78, 5) is 16.4. The number of tetrazole rings is 1. The number of hydrogen-bond acceptors (Lipinski definition) is 6. The Bertz CT molecular complexity index is 983. The molecule has 1 aliphatic heterocycles. The van der Waals surface area contributed by atoms with E-state index in [1.165, 1.54) is 12.1 Å². The average Bonchev–Trinajstić information content (AvgIpc) is 3.22. The first-order valence-electron chi connectivity index (χ1n) is 9.33. The molecule has 0 atom stereocenters. The van der Waals surface area contributed by atoms with Gasteiger partial charge in [0.1, 0.15) is 11.6 Å². The van der Waals surface area contributed by atoms with Gasteiger partial charge >= 0.3 is 0 Å². The zero-order chi connectivity index (χ0) is 20.2. The van der Waals surface area contributed by atoms with E-state index in [4.69, 9.17) is 4.74 Å². The van der Waals surface area contributed by atoms with Crippen LogP contribution in [0.2, 0.25) is 0 Å². The van der Waals surface area contributed by atoms with E-state index in [0.717, 1.165) is 11.4 Å². The number of piperazine rings is 1. The molecule has 29 heavy (non-hydrogen) atoms. The van der Waals surface area contributed by atoms with Crippen molar-refractivity contribution < 1.29 is 13.9 Å². The number of aromatic nitrogens is 4. The van der Waals surface area contributed by atoms with Crippen LogP contribution < -0.4 is 4.74 Å². The summed E-state index contributed by atoms with van der Waals surface area (Å²) >= 11 is 0. The Balaban J connectivity index is 1.39. The van der Waals surface area contributed by atoms with Gasteiger partial charge in [0.05, 0.1) is 24.9 Å². The number of carbonyl (C=O) groups excluding carboxylic acids is 1. The minimum absolute atomic E-state index is 0.115. The number of ether oxygens (including phenoxy) is 1. The molecule has 1 aliphatic rings. The lowest BCUT2D eigenvalue weighted by molar-refractivity contribution is 0.0620. The summed E-state index contributed by atoms with van der Waals surface area (Å²) < 4.78 is 20.8. The Labute approximate surface area is 167 Å². The number of rotatable bonds is 5. The van der Waals surface area contributed by atoms with Crippen molar-refractivity contribution in [3.8, 4) is 11.4 Å². The molecule has 1 amide bonds. The summed E-state index contributed by atoms with van der Waals surface area (Å²) in [6, 6.07) is 13.6. The van der Waals surface area contributed by atoms with Crippen LogP contribution in [-0.2, 0) is 6.54 Å². The first-order valence-corrected chi connectivity index (χ1v) is 9.33. The number of methoxy groups -OCH3 is 1. The zero-order valence-electron chi connectivity index (χ0n) is 16.0. The molecule has 4 rings (SSSR count). The lowest BCUT2D eigenvalue weighted by Crippen LogP contribution is -2.48. The van der Waals surface area contributed by atoms with Gasteiger partial charge in [0, 0.05) is 26.2 Å². The van der Waals surface area contributed by atoms with Crippen LogP contribution in [0.25, 0.3) is 5.69 Å². The van der Waals surface area contributed by atoms with Gasteiger partial charge in [-0.3, -0.25) is 9.69 Å². The Morgan fingerprint density at radius 2 is 1.79 bits per heavy atom. The molecule has 3 aromatic rings. The fourth-order valence-corrected chi connectivity index (χ4v) is 3.34. The highest BCUT2D eigenvalue weighted by Crippen LogP contribution is 2.17. The summed E-state index contributed by atoms with van der Waals surface area (Å²) in [6.07, 6.45) is 0. The maximum Gasteiger partial charge on any atom is 0.256 e. The molecule has 8 nitrogen and oxygen atoms in total. The van der Waals surface area contributed by atoms with Crippen LogP contribution >= 0.6 is 0 Å². The first kappa shape index (κ1) is 19.0. The fraction of sp³-hybridized carbons (Fsp3) is 0.300. The summed E-state index contributed by atoms with van der Waals surface area (Å²) in [5.41, 5.74) is 0.962. The predicted octanol–water partition coefficient (Wildman–Crippen LogP) is 1.77. The topological polar surface area (TPSA) is 76.4 Å². The molecule has 0 saturated carbocycles. The van der Waals surface area contributed by atoms with Gasteiger partial charge in [-0.05, 0) is 46.8 Å². The normalized spacial score (nSPS) is 14.8. The van der Waals surface area contributed by atoms with Gasteiger partial charge in [0.2, 0.25) is 0 Å². The van der Waals surface area contributed by atoms with Gasteiger partial charge in [-0.1, -0.05) is 12.1 Å². The maximum atomic E-state index is 13.9. The SMILES string of the molecule is COc1ccc(-n2nnnc2CN2CCN(C(=O)c3ccccc3F)CC2)cc1. The van der Waals surface area contributed by atoms with Crippen LogP contribution in [0.15, 0.2) is 48.5 Å². The third-order valence-electron chi connectivity index (χ3n) is 4.98. The van der Waals surface area contributed by atoms with E-state index in [1.54, 1.807) is 28.8 Å². The van der Waals surface area contributed by atoms with Crippen molar-refractivity contribution in [2.75, 3.05) is 33.3 Å². The van der Waals surface area contributed by atoms with E-state index in [2.05, 4.69) is 20.4 Å². The molecule has 0 aliphatic carbocycles. The van der Waals surface area contributed by atoms with Crippen LogP contribution in [0.4, 0.5) is 4.39 Å². The molecule has 0 bridgehead atoms. The minimum Gasteiger partial charge on any atom is -0.497 e. The molecule has 1 fully saturated rings. The molecule has 1 saturated heterocycles. The molecule has 2 heterocycles. The first-order chi connectivity index (χ1) is 14.2. The number of amides is 1. The summed E-state index contributed by atoms with van der Waals surface area (Å²) in [7, 11) is 1.62. The van der Waals surface area contributed by atoms with Gasteiger partial charge in [-0.15, -0.1) is 5.10 Å². The lowest BCUT2D eigenvalue weighted by Gasteiger charge is -2.34. The van der Waals surface area contributed by atoms with E-state index in [-0.39, 0.29) is 11.5 Å². The van der Waals surface area contributed by atoms with Crippen molar-refractivity contribution in [1.82, 2.24) is 30.0 Å². The van der Waals surface area contributed by atoms with Gasteiger partial charge in [-0.25, -0.2) is 4.39 Å². The Morgan fingerprint density at radius 3 is 2.48 bits per heavy atom. The fourth-order valence-electron chi connectivity index (χ4n) is 3.34. The Hall–Kier alpha value is -3.33. The number of hydrogen-bond donors (Lipinski definition) is 0. The third kappa shape index (κ3) is 4.09. The number of benzene rings is 2. The third-order valence-corrected chi connectivity index (χ3v) is 4.98. The van der Waals surface area contributed by atoms with Crippen LogP contribution in [0.3, 0.4) is 0 Å². The highest BCUT2D eigenvalue weighted by molar-refractivity contribution is 5.94. The Morgan fingerprint density at radius 1 is 1.07 bits per heavy atom. The van der Waals surface area contributed by atoms with E-state index in [1.807, 2.05) is 24.3 Å². The van der Waals surface area contributed by atoms with Crippen LogP contribution in [0.1, 0.15) is 16.2 Å². The van der Waals surface area contributed by atoms with Crippen molar-refractivity contribution in [1.29, 1.82) is 0 Å². The van der Waals surface area contributed by atoms with Gasteiger partial charge in [0.15, 0.2) is 5.82 Å². The number of halogens is 1. The maximum absolute atomic E-state index is 13.9. The molecule has 1 aromatic heterocycles. The van der Waals surface area contributed by atoms with Crippen LogP contribution in [-0.4, -0.2) is 69.2 Å². The second kappa shape index (κ2) is 8.36. The van der Waals surface area contributed by atoms with Crippen LogP contribution in [0.5, 0.6) is 5.75 Å². The average molecular weight is 396 g/mol. The van der Waals surface area contributed by atoms with Crippen molar-refractivity contribution in [2.45, 2.75) is 6.54 Å². The highest BCUT2D eigenvalue weighted by Gasteiger charge is 2.25. The minimum atomic E-state index is -0.487. The van der Waals surface area contributed by atoms with Gasteiger partial charge in [0.25, 0.3) is 5.91 Å². The lowest BCUT2D eigenvalue weighted by atomic mass is 10.1. The van der Waals surface area contributed by atoms with Crippen LogP contribution in [0, 0.1) is 5.82 Å². The molecule has 0 radical (unpaired) electrons. The smallest absolute Gasteiger partial charge is 0.256 e. The quantitative estimate of drug-likeness (QED) is 0.654. The predicted molar refractivity (Wildman–Crippen MR) is 103 cm³/mol. The summed E-state index contributed by atoms with van der Waals surface area (Å²) in [5.74, 6) is 0.715. The summed E-state index contributed by atoms with van der Waals surface area (Å²) in [5, 5.41) is 12.0. The van der Waals surface area contributed by atoms with E-state index in [9.17, 15) is 9.18 Å². The largest absolute Gasteiger partial charge is 0.497 e. The highest BCUT2D eigenvalue weighted by atomic mass is 19.1. The van der Waals surface area contributed by atoms with Crippen molar-refractivity contribution in [2.24, 2.45) is 0 Å². The van der Waals surface area contributed by atoms with E-state index < -0.39 is 5.82 Å². The molecule has 150 valence electrons. The molecule has 2 aromatic carbocycles. The van der Waals surface area contributed by atoms with Crippen molar-refractivity contribution in [3.05, 3.63) is 65.7 Å². The van der Waals surface area contributed by atoms with Gasteiger partial charge in [-0.2, -0.15) is 4.68 Å². The van der Waals surface area contributed by atoms with E-state index in [0.29, 0.717) is 38.5 Å². The second-order valence-electron chi connectivity index (χ2n) is 6.75. The van der Waals surface area contributed by atoms with E-state index >= 15 is 0 Å². The number of carbonyl (C=O) groups is 1. The standard InChI is InChI=1S/C20H21FN6O2/c1-29-16-8-6-15(7-9-16)27-19(22-23-24-27)14-25-10-12-26(13-11-25)20(28)17-4-2-3-5-18(17)21/h2-9H,10-14H2,1H3. The molecular weight excluding hydrogens is 375 g/mol. The monoisotopic (exact) mass is 396 g/mol. The van der Waals surface area contributed by atoms with Crippen molar-refractivity contribution in [3.63, 3.8) is 0 Å². The Kier molecular flexibility index (Phi) is 5.48. The number of nitrogens with zero attached hydrogens (tertiary/aromatic N) is 6. The summed E-state index contributed by atoms with van der Waals surface area (Å²) in [6.45, 7) is 2.93. The second-order valence-corrected chi connectivity index (χ2v) is 6.75. The molecule has 0 spiro atoms. The molecule has 9 heteroatoms. The molecule has 0 unspecified atom stereocenters. The zero-order valence-corrected chi connectivity index (χ0v) is 16.0. The molecule has 0 N–H and O–H groups in total. The molecular formula is C20H21FN6O2.